The van der Waals surface area contributed by atoms with Gasteiger partial charge in [0.25, 0.3) is 5.91 Å². The van der Waals surface area contributed by atoms with Crippen molar-refractivity contribution < 1.29 is 19.1 Å². The second kappa shape index (κ2) is 10.5. The lowest BCUT2D eigenvalue weighted by atomic mass is 9.77. The van der Waals surface area contributed by atoms with E-state index in [0.717, 1.165) is 27.7 Å². The second-order valence-corrected chi connectivity index (χ2v) is 12.8. The van der Waals surface area contributed by atoms with Gasteiger partial charge in [-0.15, -0.1) is 11.3 Å². The highest BCUT2D eigenvalue weighted by Crippen LogP contribution is 2.37. The summed E-state index contributed by atoms with van der Waals surface area (Å²) in [7, 11) is 1.59. The Kier molecular flexibility index (Phi) is 8.23. The fourth-order valence-electron chi connectivity index (χ4n) is 4.06. The number of methoxy groups -OCH3 is 1. The van der Waals surface area contributed by atoms with E-state index in [1.807, 2.05) is 52.8 Å². The van der Waals surface area contributed by atoms with Gasteiger partial charge in [0.1, 0.15) is 11.4 Å². The van der Waals surface area contributed by atoms with Gasteiger partial charge < -0.3 is 19.7 Å². The molecule has 0 unspecified atom stereocenters. The first kappa shape index (κ1) is 27.5. The Bertz CT molecular complexity index is 1050. The van der Waals surface area contributed by atoms with Crippen LogP contribution in [0.3, 0.4) is 0 Å². The van der Waals surface area contributed by atoms with Crippen LogP contribution in [0.15, 0.2) is 18.2 Å². The van der Waals surface area contributed by atoms with Gasteiger partial charge in [0.15, 0.2) is 0 Å². The smallest absolute Gasteiger partial charge is 0.410 e. The number of thiophene rings is 1. The van der Waals surface area contributed by atoms with Crippen LogP contribution in [0.25, 0.3) is 0 Å². The number of ether oxygens (including phenoxy) is 2. The molecule has 0 spiro atoms. The third kappa shape index (κ3) is 6.77. The molecular weight excluding hydrogens is 488 g/mol. The summed E-state index contributed by atoms with van der Waals surface area (Å²) in [5.41, 5.74) is -0.728. The van der Waals surface area contributed by atoms with E-state index in [1.165, 1.54) is 16.0 Å². The Morgan fingerprint density at radius 1 is 1.20 bits per heavy atom. The van der Waals surface area contributed by atoms with Gasteiger partial charge in [0.2, 0.25) is 0 Å². The third-order valence-electron chi connectivity index (χ3n) is 6.20. The Labute approximate surface area is 216 Å². The van der Waals surface area contributed by atoms with Crippen LogP contribution in [0.4, 0.5) is 10.6 Å². The van der Waals surface area contributed by atoms with Gasteiger partial charge in [-0.05, 0) is 59.6 Å². The number of likely N-dealkylation sites (tertiary alicyclic amines) is 1. The molecule has 1 saturated heterocycles. The maximum atomic E-state index is 13.5. The molecule has 0 saturated carbocycles. The first-order chi connectivity index (χ1) is 16.2. The lowest BCUT2D eigenvalue weighted by molar-refractivity contribution is 0.0170. The van der Waals surface area contributed by atoms with Crippen molar-refractivity contribution in [2.45, 2.75) is 71.9 Å². The van der Waals surface area contributed by atoms with Crippen LogP contribution in [-0.2, 0) is 21.4 Å². The second-order valence-electron chi connectivity index (χ2n) is 11.0. The number of piperidine rings is 1. The molecular formula is C25H37ClN4O4S. The van der Waals surface area contributed by atoms with Gasteiger partial charge in [0.05, 0.1) is 28.6 Å². The molecule has 1 amide bonds. The van der Waals surface area contributed by atoms with Gasteiger partial charge in [-0.25, -0.2) is 4.79 Å². The zero-order chi connectivity index (χ0) is 26.0. The minimum Gasteiger partial charge on any atom is -0.444 e. The Morgan fingerprint density at radius 3 is 2.40 bits per heavy atom. The summed E-state index contributed by atoms with van der Waals surface area (Å²) in [6.07, 6.45) is 1.15. The van der Waals surface area contributed by atoms with E-state index in [1.54, 1.807) is 12.0 Å². The first-order valence-electron chi connectivity index (χ1n) is 11.8. The molecule has 10 heteroatoms. The zero-order valence-corrected chi connectivity index (χ0v) is 23.3. The number of amides is 1. The van der Waals surface area contributed by atoms with E-state index in [4.69, 9.17) is 26.2 Å². The molecule has 0 bridgehead atoms. The highest BCUT2D eigenvalue weighted by atomic mass is 35.5. The first-order valence-corrected chi connectivity index (χ1v) is 13.0. The summed E-state index contributed by atoms with van der Waals surface area (Å²) in [5, 5.41) is 8.17. The van der Waals surface area contributed by atoms with Crippen LogP contribution >= 0.6 is 22.9 Å². The molecule has 8 nitrogen and oxygen atoms in total. The molecule has 194 valence electrons. The van der Waals surface area contributed by atoms with E-state index in [-0.39, 0.29) is 24.0 Å². The monoisotopic (exact) mass is 524 g/mol. The standard InChI is InChI=1S/C25H37ClN4O4S/c1-23(2,3)34-22(32)29-12-10-25(6,11-13-29)18-14-20(27-15-17-8-9-19(26)35-17)30(28-18)21(31)24(4,5)16-33-7/h8-9,14,27H,10-13,15-16H2,1-7H3. The SMILES string of the molecule is COCC(C)(C)C(=O)n1nc(C2(C)CCN(C(=O)OC(C)(C)C)CC2)cc1NCc1ccc(Cl)s1. The molecule has 35 heavy (non-hydrogen) atoms. The van der Waals surface area contributed by atoms with Crippen LogP contribution in [0, 0.1) is 5.41 Å². The average molecular weight is 525 g/mol. The average Bonchev–Trinajstić information content (AvgIpc) is 3.37. The van der Waals surface area contributed by atoms with Crippen molar-refractivity contribution in [1.82, 2.24) is 14.7 Å². The van der Waals surface area contributed by atoms with E-state index in [0.29, 0.717) is 25.5 Å². The van der Waals surface area contributed by atoms with Crippen molar-refractivity contribution >= 4 is 40.8 Å². The quantitative estimate of drug-likeness (QED) is 0.491. The van der Waals surface area contributed by atoms with Gasteiger partial charge in [-0.2, -0.15) is 9.78 Å². The molecule has 1 aliphatic rings. The Morgan fingerprint density at radius 2 is 1.86 bits per heavy atom. The number of rotatable bonds is 7. The van der Waals surface area contributed by atoms with Crippen molar-refractivity contribution in [2.75, 3.05) is 32.1 Å². The number of anilines is 1. The van der Waals surface area contributed by atoms with Crippen LogP contribution < -0.4 is 5.32 Å². The predicted octanol–water partition coefficient (Wildman–Crippen LogP) is 5.81. The summed E-state index contributed by atoms with van der Waals surface area (Å²) < 4.78 is 13.0. The van der Waals surface area contributed by atoms with Crippen LogP contribution in [0.1, 0.15) is 69.7 Å². The van der Waals surface area contributed by atoms with E-state index >= 15 is 0 Å². The highest BCUT2D eigenvalue weighted by molar-refractivity contribution is 7.16. The van der Waals surface area contributed by atoms with Crippen molar-refractivity contribution in [1.29, 1.82) is 0 Å². The van der Waals surface area contributed by atoms with Crippen LogP contribution in [-0.4, -0.2) is 59.1 Å². The number of nitrogens with zero attached hydrogens (tertiary/aromatic N) is 3. The Hall–Kier alpha value is -2.10. The van der Waals surface area contributed by atoms with Crippen molar-refractivity contribution in [3.05, 3.63) is 33.1 Å². The summed E-state index contributed by atoms with van der Waals surface area (Å²) in [6.45, 7) is 13.4. The zero-order valence-electron chi connectivity index (χ0n) is 21.7. The molecule has 1 fully saturated rings. The summed E-state index contributed by atoms with van der Waals surface area (Å²) in [5.74, 6) is 0.488. The molecule has 1 aliphatic heterocycles. The molecule has 3 heterocycles. The van der Waals surface area contributed by atoms with Gasteiger partial charge in [-0.3, -0.25) is 4.79 Å². The van der Waals surface area contributed by atoms with E-state index in [9.17, 15) is 9.59 Å². The van der Waals surface area contributed by atoms with Gasteiger partial charge in [0, 0.05) is 36.6 Å². The number of aromatic nitrogens is 2. The molecule has 0 atom stereocenters. The molecule has 3 rings (SSSR count). The normalized spacial score (nSPS) is 16.3. The summed E-state index contributed by atoms with van der Waals surface area (Å²) in [4.78, 5) is 28.8. The molecule has 0 aromatic carbocycles. The molecule has 2 aromatic heterocycles. The topological polar surface area (TPSA) is 85.7 Å². The molecule has 1 N–H and O–H groups in total. The molecule has 0 radical (unpaired) electrons. The van der Waals surface area contributed by atoms with E-state index in [2.05, 4.69) is 12.2 Å². The van der Waals surface area contributed by atoms with Gasteiger partial charge >= 0.3 is 6.09 Å². The fraction of sp³-hybridized carbons (Fsp3) is 0.640. The lowest BCUT2D eigenvalue weighted by Gasteiger charge is -2.38. The maximum absolute atomic E-state index is 13.5. The predicted molar refractivity (Wildman–Crippen MR) is 140 cm³/mol. The number of carbonyl (C=O) groups excluding carboxylic acids is 2. The number of halogens is 1. The molecule has 0 aliphatic carbocycles. The number of carbonyl (C=O) groups is 2. The molecule has 2 aromatic rings. The van der Waals surface area contributed by atoms with Crippen LogP contribution in [0.5, 0.6) is 0 Å². The largest absolute Gasteiger partial charge is 0.444 e. The van der Waals surface area contributed by atoms with Crippen molar-refractivity contribution in [3.8, 4) is 0 Å². The fourth-order valence-corrected chi connectivity index (χ4v) is 5.08. The van der Waals surface area contributed by atoms with Crippen molar-refractivity contribution in [3.63, 3.8) is 0 Å². The van der Waals surface area contributed by atoms with Crippen molar-refractivity contribution in [2.24, 2.45) is 5.41 Å². The lowest BCUT2D eigenvalue weighted by Crippen LogP contribution is -2.46. The summed E-state index contributed by atoms with van der Waals surface area (Å²) in [6, 6.07) is 5.78. The minimum atomic E-state index is -0.748. The third-order valence-corrected chi connectivity index (χ3v) is 7.43. The van der Waals surface area contributed by atoms with Crippen LogP contribution in [0.2, 0.25) is 4.34 Å². The number of hydrogen-bond acceptors (Lipinski definition) is 7. The number of hydrogen-bond donors (Lipinski definition) is 1. The summed E-state index contributed by atoms with van der Waals surface area (Å²) >= 11 is 7.57. The van der Waals surface area contributed by atoms with Gasteiger partial charge in [-0.1, -0.05) is 18.5 Å². The highest BCUT2D eigenvalue weighted by Gasteiger charge is 2.39. The number of nitrogens with one attached hydrogen (secondary N) is 1. The maximum Gasteiger partial charge on any atom is 0.410 e. The van der Waals surface area contributed by atoms with E-state index < -0.39 is 11.0 Å². The minimum absolute atomic E-state index is 0.146. The Balaban J connectivity index is 1.83.